The molecule has 6 heteroatoms. The summed E-state index contributed by atoms with van der Waals surface area (Å²) in [7, 11) is 5.60. The largest absolute Gasteiger partial charge is 0.376 e. The Balaban J connectivity index is 2.17. The topological polar surface area (TPSA) is 48.5 Å². The van der Waals surface area contributed by atoms with Gasteiger partial charge >= 0.3 is 6.03 Å². The van der Waals surface area contributed by atoms with Crippen LogP contribution in [0.15, 0.2) is 42.7 Å². The van der Waals surface area contributed by atoms with E-state index >= 15 is 0 Å². The lowest BCUT2D eigenvalue weighted by Gasteiger charge is -2.27. The lowest BCUT2D eigenvalue weighted by Crippen LogP contribution is -2.34. The van der Waals surface area contributed by atoms with Gasteiger partial charge in [0.25, 0.3) is 0 Å². The van der Waals surface area contributed by atoms with Gasteiger partial charge in [0.1, 0.15) is 0 Å². The molecule has 0 aliphatic carbocycles. The first-order chi connectivity index (χ1) is 10.9. The van der Waals surface area contributed by atoms with E-state index in [1.807, 2.05) is 44.1 Å². The molecule has 1 N–H and O–H groups in total. The Hall–Kier alpha value is -2.27. The van der Waals surface area contributed by atoms with Crippen molar-refractivity contribution in [3.05, 3.63) is 53.3 Å². The molecule has 0 saturated heterocycles. The number of hydrogen-bond acceptors (Lipinski definition) is 3. The maximum Gasteiger partial charge on any atom is 0.322 e. The standard InChI is InChI=1S/C17H21ClN4O/c1-12(13-7-9-19-10-8-13)22(4)17(23)20-15-11-14(18)5-6-16(15)21(2)3/h5-12H,1-4H3,(H,20,23). The van der Waals surface area contributed by atoms with Gasteiger partial charge in [0.05, 0.1) is 17.4 Å². The quantitative estimate of drug-likeness (QED) is 0.919. The lowest BCUT2D eigenvalue weighted by atomic mass is 10.1. The molecule has 122 valence electrons. The minimum Gasteiger partial charge on any atom is -0.376 e. The summed E-state index contributed by atoms with van der Waals surface area (Å²) in [4.78, 5) is 20.1. The summed E-state index contributed by atoms with van der Waals surface area (Å²) >= 11 is 6.05. The minimum atomic E-state index is -0.195. The number of nitrogens with one attached hydrogen (secondary N) is 1. The van der Waals surface area contributed by atoms with Crippen LogP contribution in [0.25, 0.3) is 0 Å². The van der Waals surface area contributed by atoms with Gasteiger partial charge in [-0.3, -0.25) is 4.98 Å². The monoisotopic (exact) mass is 332 g/mol. The van der Waals surface area contributed by atoms with E-state index in [0.29, 0.717) is 10.7 Å². The summed E-state index contributed by atoms with van der Waals surface area (Å²) in [5, 5.41) is 3.51. The van der Waals surface area contributed by atoms with E-state index in [1.54, 1.807) is 36.5 Å². The molecular formula is C17H21ClN4O. The van der Waals surface area contributed by atoms with Gasteiger partial charge in [0, 0.05) is 38.6 Å². The number of halogens is 1. The molecule has 1 unspecified atom stereocenters. The van der Waals surface area contributed by atoms with Crippen molar-refractivity contribution in [2.75, 3.05) is 31.4 Å². The van der Waals surface area contributed by atoms with E-state index in [4.69, 9.17) is 11.6 Å². The zero-order chi connectivity index (χ0) is 17.0. The highest BCUT2D eigenvalue weighted by molar-refractivity contribution is 6.31. The molecule has 0 bridgehead atoms. The zero-order valence-corrected chi connectivity index (χ0v) is 14.5. The summed E-state index contributed by atoms with van der Waals surface area (Å²) in [5.74, 6) is 0. The molecule has 0 fully saturated rings. The Morgan fingerprint density at radius 1 is 1.17 bits per heavy atom. The van der Waals surface area contributed by atoms with Crippen molar-refractivity contribution in [1.29, 1.82) is 0 Å². The highest BCUT2D eigenvalue weighted by atomic mass is 35.5. The molecule has 2 rings (SSSR count). The maximum absolute atomic E-state index is 12.6. The number of carbonyl (C=O) groups excluding carboxylic acids is 1. The van der Waals surface area contributed by atoms with Crippen molar-refractivity contribution < 1.29 is 4.79 Å². The molecule has 0 aliphatic heterocycles. The SMILES string of the molecule is CC(c1ccncc1)N(C)C(=O)Nc1cc(Cl)ccc1N(C)C. The number of nitrogens with zero attached hydrogens (tertiary/aromatic N) is 3. The molecule has 0 spiro atoms. The first kappa shape index (κ1) is 17.1. The third kappa shape index (κ3) is 4.13. The molecular weight excluding hydrogens is 312 g/mol. The number of rotatable bonds is 4. The summed E-state index contributed by atoms with van der Waals surface area (Å²) < 4.78 is 0. The third-order valence-electron chi connectivity index (χ3n) is 3.77. The van der Waals surface area contributed by atoms with Crippen molar-refractivity contribution in [3.63, 3.8) is 0 Å². The van der Waals surface area contributed by atoms with Crippen molar-refractivity contribution >= 4 is 29.0 Å². The molecule has 0 radical (unpaired) electrons. The fourth-order valence-corrected chi connectivity index (χ4v) is 2.42. The Morgan fingerprint density at radius 3 is 2.43 bits per heavy atom. The lowest BCUT2D eigenvalue weighted by molar-refractivity contribution is 0.208. The summed E-state index contributed by atoms with van der Waals surface area (Å²) in [5.41, 5.74) is 2.60. The molecule has 1 atom stereocenters. The van der Waals surface area contributed by atoms with E-state index in [2.05, 4.69) is 10.3 Å². The second-order valence-electron chi connectivity index (χ2n) is 5.55. The van der Waals surface area contributed by atoms with E-state index in [0.717, 1.165) is 11.3 Å². The van der Waals surface area contributed by atoms with Crippen molar-refractivity contribution in [2.45, 2.75) is 13.0 Å². The number of aromatic nitrogens is 1. The molecule has 1 aromatic heterocycles. The first-order valence-corrected chi connectivity index (χ1v) is 7.68. The molecule has 23 heavy (non-hydrogen) atoms. The van der Waals surface area contributed by atoms with Gasteiger partial charge in [-0.15, -0.1) is 0 Å². The fourth-order valence-electron chi connectivity index (χ4n) is 2.24. The second-order valence-corrected chi connectivity index (χ2v) is 5.99. The first-order valence-electron chi connectivity index (χ1n) is 7.30. The molecule has 2 amide bonds. The number of anilines is 2. The smallest absolute Gasteiger partial charge is 0.322 e. The zero-order valence-electron chi connectivity index (χ0n) is 13.7. The van der Waals surface area contributed by atoms with Crippen LogP contribution in [-0.2, 0) is 0 Å². The van der Waals surface area contributed by atoms with Gasteiger partial charge < -0.3 is 15.1 Å². The number of hydrogen-bond donors (Lipinski definition) is 1. The maximum atomic E-state index is 12.6. The van der Waals surface area contributed by atoms with Crippen LogP contribution in [0.5, 0.6) is 0 Å². The van der Waals surface area contributed by atoms with Gasteiger partial charge in [-0.25, -0.2) is 4.79 Å². The van der Waals surface area contributed by atoms with Crippen LogP contribution in [0.2, 0.25) is 5.02 Å². The van der Waals surface area contributed by atoms with Gasteiger partial charge in [0.15, 0.2) is 0 Å². The van der Waals surface area contributed by atoms with E-state index in [9.17, 15) is 4.79 Å². The highest BCUT2D eigenvalue weighted by Crippen LogP contribution is 2.28. The Labute approximate surface area is 141 Å². The van der Waals surface area contributed by atoms with Gasteiger partial charge in [-0.05, 0) is 42.8 Å². The predicted molar refractivity (Wildman–Crippen MR) is 95.2 cm³/mol. The van der Waals surface area contributed by atoms with E-state index in [1.165, 1.54) is 0 Å². The Bertz CT molecular complexity index is 676. The predicted octanol–water partition coefficient (Wildman–Crippen LogP) is 4.03. The molecule has 5 nitrogen and oxygen atoms in total. The van der Waals surface area contributed by atoms with Crippen molar-refractivity contribution in [2.24, 2.45) is 0 Å². The third-order valence-corrected chi connectivity index (χ3v) is 4.01. The molecule has 1 heterocycles. The van der Waals surface area contributed by atoms with Crippen LogP contribution in [0, 0.1) is 0 Å². The summed E-state index contributed by atoms with van der Waals surface area (Å²) in [6.45, 7) is 1.97. The van der Waals surface area contributed by atoms with Gasteiger partial charge in [-0.2, -0.15) is 0 Å². The number of pyridine rings is 1. The van der Waals surface area contributed by atoms with Crippen LogP contribution in [-0.4, -0.2) is 37.1 Å². The van der Waals surface area contributed by atoms with E-state index < -0.39 is 0 Å². The number of urea groups is 1. The van der Waals surface area contributed by atoms with Gasteiger partial charge in [-0.1, -0.05) is 11.6 Å². The average Bonchev–Trinajstić information content (AvgIpc) is 2.54. The normalized spacial score (nSPS) is 11.7. The van der Waals surface area contributed by atoms with Crippen LogP contribution >= 0.6 is 11.6 Å². The number of amides is 2. The van der Waals surface area contributed by atoms with Crippen LogP contribution in [0.1, 0.15) is 18.5 Å². The number of carbonyl (C=O) groups is 1. The second kappa shape index (κ2) is 7.33. The van der Waals surface area contributed by atoms with Crippen molar-refractivity contribution in [1.82, 2.24) is 9.88 Å². The van der Waals surface area contributed by atoms with Crippen LogP contribution < -0.4 is 10.2 Å². The minimum absolute atomic E-state index is 0.0695. The van der Waals surface area contributed by atoms with E-state index in [-0.39, 0.29) is 12.1 Å². The molecule has 1 aromatic carbocycles. The summed E-state index contributed by atoms with van der Waals surface area (Å²) in [6.07, 6.45) is 3.44. The fraction of sp³-hybridized carbons (Fsp3) is 0.294. The van der Waals surface area contributed by atoms with Crippen molar-refractivity contribution in [3.8, 4) is 0 Å². The van der Waals surface area contributed by atoms with Gasteiger partial charge in [0.2, 0.25) is 0 Å². The average molecular weight is 333 g/mol. The molecule has 0 aliphatic rings. The number of benzene rings is 1. The Kier molecular flexibility index (Phi) is 5.45. The van der Waals surface area contributed by atoms with Crippen LogP contribution in [0.4, 0.5) is 16.2 Å². The molecule has 2 aromatic rings. The Morgan fingerprint density at radius 2 is 1.83 bits per heavy atom. The highest BCUT2D eigenvalue weighted by Gasteiger charge is 2.18. The summed E-state index contributed by atoms with van der Waals surface area (Å²) in [6, 6.07) is 8.97. The van der Waals surface area contributed by atoms with Crippen LogP contribution in [0.3, 0.4) is 0 Å². The molecule has 0 saturated carbocycles.